The molecule has 4 rings (SSSR count). The summed E-state index contributed by atoms with van der Waals surface area (Å²) in [6.07, 6.45) is 6.70. The van der Waals surface area contributed by atoms with Crippen LogP contribution in [0.15, 0.2) is 18.5 Å². The van der Waals surface area contributed by atoms with Gasteiger partial charge in [-0.05, 0) is 39.3 Å². The predicted octanol–water partition coefficient (Wildman–Crippen LogP) is 1.55. The largest absolute Gasteiger partial charge is 0.336 e. The van der Waals surface area contributed by atoms with Crippen LogP contribution < -0.4 is 5.32 Å². The second-order valence-corrected chi connectivity index (χ2v) is 6.95. The van der Waals surface area contributed by atoms with E-state index >= 15 is 0 Å². The van der Waals surface area contributed by atoms with Crippen molar-refractivity contribution >= 4 is 5.91 Å². The van der Waals surface area contributed by atoms with E-state index in [2.05, 4.69) is 15.4 Å². The fourth-order valence-corrected chi connectivity index (χ4v) is 3.75. The topological polar surface area (TPSA) is 75.9 Å². The van der Waals surface area contributed by atoms with Gasteiger partial charge in [-0.15, -0.1) is 0 Å². The summed E-state index contributed by atoms with van der Waals surface area (Å²) in [5.41, 5.74) is 3.15. The summed E-state index contributed by atoms with van der Waals surface area (Å²) in [5, 5.41) is 7.71. The maximum absolute atomic E-state index is 12.8. The third-order valence-electron chi connectivity index (χ3n) is 5.23. The SMILES string of the molecule is Cc1ccnn1[C@@H](C)C(=O)N1CCc2nc([C@H]3CCCN3)ncc2C1. The zero-order valence-corrected chi connectivity index (χ0v) is 14.8. The van der Waals surface area contributed by atoms with E-state index in [0.717, 1.165) is 42.2 Å². The summed E-state index contributed by atoms with van der Waals surface area (Å²) in [5.74, 6) is 0.996. The van der Waals surface area contributed by atoms with E-state index in [9.17, 15) is 4.79 Å². The second kappa shape index (κ2) is 6.55. The number of hydrogen-bond donors (Lipinski definition) is 1. The van der Waals surface area contributed by atoms with Gasteiger partial charge in [0.05, 0.1) is 11.7 Å². The molecule has 0 unspecified atom stereocenters. The zero-order valence-electron chi connectivity index (χ0n) is 14.8. The van der Waals surface area contributed by atoms with E-state index in [4.69, 9.17) is 4.98 Å². The molecule has 2 atom stereocenters. The minimum Gasteiger partial charge on any atom is -0.336 e. The molecule has 1 fully saturated rings. The van der Waals surface area contributed by atoms with Crippen molar-refractivity contribution in [3.05, 3.63) is 41.2 Å². The molecular weight excluding hydrogens is 316 g/mol. The lowest BCUT2D eigenvalue weighted by atomic mass is 10.1. The van der Waals surface area contributed by atoms with Gasteiger partial charge in [0.25, 0.3) is 0 Å². The molecule has 1 N–H and O–H groups in total. The first-order valence-corrected chi connectivity index (χ1v) is 9.00. The summed E-state index contributed by atoms with van der Waals surface area (Å²) < 4.78 is 1.78. The van der Waals surface area contributed by atoms with Gasteiger partial charge < -0.3 is 10.2 Å². The molecule has 25 heavy (non-hydrogen) atoms. The molecule has 0 aromatic carbocycles. The van der Waals surface area contributed by atoms with E-state index in [1.165, 1.54) is 6.42 Å². The molecule has 0 saturated carbocycles. The minimum atomic E-state index is -0.292. The van der Waals surface area contributed by atoms with Gasteiger partial charge in [0, 0.05) is 43.2 Å². The average Bonchev–Trinajstić information content (AvgIpc) is 3.31. The van der Waals surface area contributed by atoms with E-state index < -0.39 is 0 Å². The summed E-state index contributed by atoms with van der Waals surface area (Å²) in [6.45, 7) is 6.19. The zero-order chi connectivity index (χ0) is 17.4. The van der Waals surface area contributed by atoms with E-state index in [0.29, 0.717) is 13.1 Å². The lowest BCUT2D eigenvalue weighted by Crippen LogP contribution is -2.40. The van der Waals surface area contributed by atoms with Crippen LogP contribution in [-0.2, 0) is 17.8 Å². The Morgan fingerprint density at radius 3 is 3.04 bits per heavy atom. The van der Waals surface area contributed by atoms with Gasteiger partial charge in [0.1, 0.15) is 11.9 Å². The van der Waals surface area contributed by atoms with Crippen LogP contribution in [0.3, 0.4) is 0 Å². The Morgan fingerprint density at radius 1 is 1.44 bits per heavy atom. The number of aromatic nitrogens is 4. The van der Waals surface area contributed by atoms with Crippen LogP contribution in [0.25, 0.3) is 0 Å². The molecule has 7 heteroatoms. The Labute approximate surface area is 147 Å². The summed E-state index contributed by atoms with van der Waals surface area (Å²) in [7, 11) is 0. The first kappa shape index (κ1) is 16.2. The van der Waals surface area contributed by atoms with Crippen molar-refractivity contribution < 1.29 is 4.79 Å². The number of nitrogens with zero attached hydrogens (tertiary/aromatic N) is 5. The van der Waals surface area contributed by atoms with Crippen LogP contribution in [0, 0.1) is 6.92 Å². The standard InChI is InChI=1S/C18H24N6O/c1-12-5-8-21-24(12)13(2)18(25)23-9-6-15-14(11-23)10-20-17(22-15)16-4-3-7-19-16/h5,8,10,13,16,19H,3-4,6-7,9,11H2,1-2H3/t13-,16+/m0/s1. The lowest BCUT2D eigenvalue weighted by molar-refractivity contribution is -0.135. The normalized spacial score (nSPS) is 21.2. The number of rotatable bonds is 3. The monoisotopic (exact) mass is 340 g/mol. The smallest absolute Gasteiger partial charge is 0.247 e. The maximum atomic E-state index is 12.8. The molecule has 0 radical (unpaired) electrons. The molecule has 2 aromatic heterocycles. The highest BCUT2D eigenvalue weighted by atomic mass is 16.2. The van der Waals surface area contributed by atoms with Crippen LogP contribution in [0.1, 0.15) is 54.6 Å². The molecule has 7 nitrogen and oxygen atoms in total. The molecule has 1 amide bonds. The Kier molecular flexibility index (Phi) is 4.25. The third kappa shape index (κ3) is 3.04. The van der Waals surface area contributed by atoms with Crippen molar-refractivity contribution in [3.63, 3.8) is 0 Å². The van der Waals surface area contributed by atoms with Gasteiger partial charge in [-0.1, -0.05) is 0 Å². The molecule has 132 valence electrons. The summed E-state index contributed by atoms with van der Waals surface area (Å²) >= 11 is 0. The second-order valence-electron chi connectivity index (χ2n) is 6.95. The first-order valence-electron chi connectivity index (χ1n) is 9.00. The van der Waals surface area contributed by atoms with E-state index in [-0.39, 0.29) is 18.0 Å². The summed E-state index contributed by atoms with van der Waals surface area (Å²) in [4.78, 5) is 24.1. The Hall–Kier alpha value is -2.28. The molecule has 2 aliphatic heterocycles. The Balaban J connectivity index is 1.49. The van der Waals surface area contributed by atoms with Crippen molar-refractivity contribution in [2.45, 2.75) is 51.7 Å². The van der Waals surface area contributed by atoms with Gasteiger partial charge in [-0.25, -0.2) is 9.97 Å². The highest BCUT2D eigenvalue weighted by molar-refractivity contribution is 5.80. The van der Waals surface area contributed by atoms with Gasteiger partial charge in [-0.3, -0.25) is 9.48 Å². The third-order valence-corrected chi connectivity index (χ3v) is 5.23. The average molecular weight is 340 g/mol. The van der Waals surface area contributed by atoms with Gasteiger partial charge in [0.15, 0.2) is 0 Å². The molecule has 4 heterocycles. The van der Waals surface area contributed by atoms with Crippen LogP contribution in [0.4, 0.5) is 0 Å². The number of hydrogen-bond acceptors (Lipinski definition) is 5. The first-order chi connectivity index (χ1) is 12.1. The fourth-order valence-electron chi connectivity index (χ4n) is 3.75. The van der Waals surface area contributed by atoms with E-state index in [1.807, 2.05) is 31.0 Å². The van der Waals surface area contributed by atoms with Crippen molar-refractivity contribution in [2.75, 3.05) is 13.1 Å². The molecule has 2 aromatic rings. The van der Waals surface area contributed by atoms with Crippen LogP contribution in [0.2, 0.25) is 0 Å². The van der Waals surface area contributed by atoms with E-state index in [1.54, 1.807) is 10.9 Å². The number of amides is 1. The van der Waals surface area contributed by atoms with Gasteiger partial charge in [0.2, 0.25) is 5.91 Å². The Morgan fingerprint density at radius 2 is 2.32 bits per heavy atom. The number of fused-ring (bicyclic) bond motifs is 1. The molecule has 0 bridgehead atoms. The van der Waals surface area contributed by atoms with Crippen LogP contribution >= 0.6 is 0 Å². The minimum absolute atomic E-state index is 0.0963. The van der Waals surface area contributed by atoms with Crippen LogP contribution in [-0.4, -0.2) is 43.6 Å². The van der Waals surface area contributed by atoms with Crippen molar-refractivity contribution in [1.82, 2.24) is 30.0 Å². The van der Waals surface area contributed by atoms with Crippen molar-refractivity contribution in [2.24, 2.45) is 0 Å². The number of carbonyl (C=O) groups excluding carboxylic acids is 1. The number of aryl methyl sites for hydroxylation is 1. The van der Waals surface area contributed by atoms with Gasteiger partial charge >= 0.3 is 0 Å². The molecule has 0 aliphatic carbocycles. The molecule has 2 aliphatic rings. The highest BCUT2D eigenvalue weighted by Crippen LogP contribution is 2.24. The van der Waals surface area contributed by atoms with Crippen LogP contribution in [0.5, 0.6) is 0 Å². The quantitative estimate of drug-likeness (QED) is 0.917. The number of carbonyl (C=O) groups is 1. The molecular formula is C18H24N6O. The Bertz CT molecular complexity index is 780. The maximum Gasteiger partial charge on any atom is 0.247 e. The predicted molar refractivity (Wildman–Crippen MR) is 92.8 cm³/mol. The molecule has 0 spiro atoms. The summed E-state index contributed by atoms with van der Waals surface area (Å²) in [6, 6.07) is 1.91. The highest BCUT2D eigenvalue weighted by Gasteiger charge is 2.28. The van der Waals surface area contributed by atoms with Gasteiger partial charge in [-0.2, -0.15) is 5.10 Å². The van der Waals surface area contributed by atoms with Crippen molar-refractivity contribution in [3.8, 4) is 0 Å². The van der Waals surface area contributed by atoms with Crippen molar-refractivity contribution in [1.29, 1.82) is 0 Å². The lowest BCUT2D eigenvalue weighted by Gasteiger charge is -2.31. The molecule has 1 saturated heterocycles. The number of nitrogens with one attached hydrogen (secondary N) is 1. The fraction of sp³-hybridized carbons (Fsp3) is 0.556.